The van der Waals surface area contributed by atoms with Crippen LogP contribution in [0.3, 0.4) is 0 Å². The van der Waals surface area contributed by atoms with Crippen LogP contribution in [0.25, 0.3) is 0 Å². The van der Waals surface area contributed by atoms with E-state index in [1.54, 1.807) is 9.80 Å². The second-order valence-electron chi connectivity index (χ2n) is 5.06. The smallest absolute Gasteiger partial charge is 0.312 e. The standard InChI is InChI=1S/C13H22N2O2/c16-12(14-8-4-1-2-5-9-14)13(17)15-10-6-3-7-11-15/h1-11H2. The quantitative estimate of drug-likeness (QED) is 0.599. The summed E-state index contributed by atoms with van der Waals surface area (Å²) in [6.45, 7) is 3.05. The van der Waals surface area contributed by atoms with Crippen molar-refractivity contribution in [2.45, 2.75) is 44.9 Å². The summed E-state index contributed by atoms with van der Waals surface area (Å²) in [6, 6.07) is 0. The van der Waals surface area contributed by atoms with Gasteiger partial charge < -0.3 is 9.80 Å². The molecule has 0 saturated carbocycles. The monoisotopic (exact) mass is 238 g/mol. The van der Waals surface area contributed by atoms with Crippen molar-refractivity contribution in [2.24, 2.45) is 0 Å². The van der Waals surface area contributed by atoms with E-state index in [0.29, 0.717) is 0 Å². The summed E-state index contributed by atoms with van der Waals surface area (Å²) in [5.41, 5.74) is 0. The molecule has 0 aromatic carbocycles. The molecule has 0 aliphatic carbocycles. The van der Waals surface area contributed by atoms with Gasteiger partial charge in [-0.1, -0.05) is 12.8 Å². The van der Waals surface area contributed by atoms with Gasteiger partial charge >= 0.3 is 11.8 Å². The van der Waals surface area contributed by atoms with Gasteiger partial charge in [0.15, 0.2) is 0 Å². The molecule has 96 valence electrons. The van der Waals surface area contributed by atoms with Gasteiger partial charge in [0.05, 0.1) is 0 Å². The summed E-state index contributed by atoms with van der Waals surface area (Å²) >= 11 is 0. The maximum atomic E-state index is 12.1. The highest BCUT2D eigenvalue weighted by molar-refractivity contribution is 6.34. The van der Waals surface area contributed by atoms with Gasteiger partial charge in [-0.05, 0) is 32.1 Å². The third kappa shape index (κ3) is 3.20. The predicted octanol–water partition coefficient (Wildman–Crippen LogP) is 1.40. The summed E-state index contributed by atoms with van der Waals surface area (Å²) in [5.74, 6) is -0.541. The van der Waals surface area contributed by atoms with Crippen LogP contribution in [-0.4, -0.2) is 47.8 Å². The molecule has 2 amide bonds. The molecule has 2 saturated heterocycles. The summed E-state index contributed by atoms with van der Waals surface area (Å²) < 4.78 is 0. The molecule has 0 aromatic rings. The van der Waals surface area contributed by atoms with Crippen LogP contribution in [0.15, 0.2) is 0 Å². The van der Waals surface area contributed by atoms with Crippen LogP contribution >= 0.6 is 0 Å². The van der Waals surface area contributed by atoms with E-state index in [1.807, 2.05) is 0 Å². The first-order chi connectivity index (χ1) is 8.29. The van der Waals surface area contributed by atoms with Crippen molar-refractivity contribution in [1.29, 1.82) is 0 Å². The summed E-state index contributed by atoms with van der Waals surface area (Å²) in [5, 5.41) is 0. The van der Waals surface area contributed by atoms with Gasteiger partial charge in [-0.3, -0.25) is 9.59 Å². The summed E-state index contributed by atoms with van der Waals surface area (Å²) in [4.78, 5) is 27.6. The Bertz CT molecular complexity index is 277. The highest BCUT2D eigenvalue weighted by Crippen LogP contribution is 2.13. The number of nitrogens with zero attached hydrogens (tertiary/aromatic N) is 2. The van der Waals surface area contributed by atoms with Crippen molar-refractivity contribution in [3.63, 3.8) is 0 Å². The zero-order valence-electron chi connectivity index (χ0n) is 10.5. The minimum absolute atomic E-state index is 0.270. The molecule has 2 heterocycles. The molecule has 0 atom stereocenters. The fourth-order valence-electron chi connectivity index (χ4n) is 2.64. The highest BCUT2D eigenvalue weighted by atomic mass is 16.2. The van der Waals surface area contributed by atoms with Gasteiger partial charge in [0.1, 0.15) is 0 Å². The lowest BCUT2D eigenvalue weighted by molar-refractivity contribution is -0.152. The van der Waals surface area contributed by atoms with Gasteiger partial charge in [-0.15, -0.1) is 0 Å². The molecule has 0 N–H and O–H groups in total. The van der Waals surface area contributed by atoms with Gasteiger partial charge in [0.25, 0.3) is 0 Å². The Balaban J connectivity index is 1.90. The predicted molar refractivity (Wildman–Crippen MR) is 65.5 cm³/mol. The number of carbonyl (C=O) groups is 2. The minimum Gasteiger partial charge on any atom is -0.334 e. The van der Waals surface area contributed by atoms with E-state index in [1.165, 1.54) is 19.3 Å². The van der Waals surface area contributed by atoms with Gasteiger partial charge in [-0.2, -0.15) is 0 Å². The lowest BCUT2D eigenvalue weighted by atomic mass is 10.1. The van der Waals surface area contributed by atoms with E-state index < -0.39 is 0 Å². The Kier molecular flexibility index (Phi) is 4.40. The average molecular weight is 238 g/mol. The maximum Gasteiger partial charge on any atom is 0.312 e. The molecule has 0 spiro atoms. The van der Waals surface area contributed by atoms with E-state index in [0.717, 1.165) is 51.9 Å². The second-order valence-corrected chi connectivity index (χ2v) is 5.06. The molecule has 17 heavy (non-hydrogen) atoms. The number of hydrogen-bond acceptors (Lipinski definition) is 2. The van der Waals surface area contributed by atoms with Crippen LogP contribution in [-0.2, 0) is 9.59 Å². The van der Waals surface area contributed by atoms with Crippen LogP contribution in [0.4, 0.5) is 0 Å². The molecule has 2 aliphatic rings. The third-order valence-electron chi connectivity index (χ3n) is 3.72. The van der Waals surface area contributed by atoms with Crippen LogP contribution in [0.5, 0.6) is 0 Å². The fourth-order valence-corrected chi connectivity index (χ4v) is 2.64. The van der Waals surface area contributed by atoms with Gasteiger partial charge in [-0.25, -0.2) is 0 Å². The van der Waals surface area contributed by atoms with Crippen LogP contribution in [0, 0.1) is 0 Å². The molecule has 0 bridgehead atoms. The fraction of sp³-hybridized carbons (Fsp3) is 0.846. The van der Waals surface area contributed by atoms with Crippen molar-refractivity contribution in [1.82, 2.24) is 9.80 Å². The first-order valence-corrected chi connectivity index (χ1v) is 6.87. The van der Waals surface area contributed by atoms with Gasteiger partial charge in [0, 0.05) is 26.2 Å². The second kappa shape index (κ2) is 6.03. The molecule has 0 aromatic heterocycles. The maximum absolute atomic E-state index is 12.1. The van der Waals surface area contributed by atoms with E-state index in [2.05, 4.69) is 0 Å². The number of carbonyl (C=O) groups excluding carboxylic acids is 2. The molecule has 2 aliphatic heterocycles. The SMILES string of the molecule is O=C(C(=O)N1CCCCC1)N1CCCCCC1. The number of piperidine rings is 1. The zero-order valence-corrected chi connectivity index (χ0v) is 10.5. The van der Waals surface area contributed by atoms with E-state index in [4.69, 9.17) is 0 Å². The van der Waals surface area contributed by atoms with E-state index >= 15 is 0 Å². The molecule has 2 rings (SSSR count). The van der Waals surface area contributed by atoms with Crippen molar-refractivity contribution in [2.75, 3.05) is 26.2 Å². The Hall–Kier alpha value is -1.06. The molecule has 4 heteroatoms. The first kappa shape index (κ1) is 12.4. The number of rotatable bonds is 0. The van der Waals surface area contributed by atoms with Crippen molar-refractivity contribution >= 4 is 11.8 Å². The lowest BCUT2D eigenvalue weighted by Gasteiger charge is -2.28. The molecule has 0 radical (unpaired) electrons. The van der Waals surface area contributed by atoms with Gasteiger partial charge in [0.2, 0.25) is 0 Å². The lowest BCUT2D eigenvalue weighted by Crippen LogP contribution is -2.47. The van der Waals surface area contributed by atoms with E-state index in [9.17, 15) is 9.59 Å². The third-order valence-corrected chi connectivity index (χ3v) is 3.72. The summed E-state index contributed by atoms with van der Waals surface area (Å²) in [6.07, 6.45) is 7.71. The van der Waals surface area contributed by atoms with Crippen LogP contribution < -0.4 is 0 Å². The first-order valence-electron chi connectivity index (χ1n) is 6.87. The Morgan fingerprint density at radius 1 is 0.529 bits per heavy atom. The highest BCUT2D eigenvalue weighted by Gasteiger charge is 2.27. The normalized spacial score (nSPS) is 22.1. The van der Waals surface area contributed by atoms with Crippen LogP contribution in [0.1, 0.15) is 44.9 Å². The summed E-state index contributed by atoms with van der Waals surface area (Å²) in [7, 11) is 0. The van der Waals surface area contributed by atoms with E-state index in [-0.39, 0.29) is 11.8 Å². The number of likely N-dealkylation sites (tertiary alicyclic amines) is 2. The topological polar surface area (TPSA) is 40.6 Å². The van der Waals surface area contributed by atoms with Crippen molar-refractivity contribution < 1.29 is 9.59 Å². The molecule has 0 unspecified atom stereocenters. The Morgan fingerprint density at radius 3 is 1.18 bits per heavy atom. The number of amides is 2. The largest absolute Gasteiger partial charge is 0.334 e. The molecule has 4 nitrogen and oxygen atoms in total. The zero-order chi connectivity index (χ0) is 12.1. The molecular formula is C13H22N2O2. The minimum atomic E-state index is -0.272. The Morgan fingerprint density at radius 2 is 0.824 bits per heavy atom. The van der Waals surface area contributed by atoms with Crippen molar-refractivity contribution in [3.8, 4) is 0 Å². The van der Waals surface area contributed by atoms with Crippen molar-refractivity contribution in [3.05, 3.63) is 0 Å². The number of hydrogen-bond donors (Lipinski definition) is 0. The average Bonchev–Trinajstić information content (AvgIpc) is 2.67. The molecule has 2 fully saturated rings. The van der Waals surface area contributed by atoms with Crippen LogP contribution in [0.2, 0.25) is 0 Å². The Labute approximate surface area is 103 Å². The molecular weight excluding hydrogens is 216 g/mol.